The Hall–Kier alpha value is -1.78. The van der Waals surface area contributed by atoms with Crippen LogP contribution in [-0.4, -0.2) is 29.1 Å². The van der Waals surface area contributed by atoms with Gasteiger partial charge in [0.05, 0.1) is 16.9 Å². The second-order valence-electron chi connectivity index (χ2n) is 4.31. The first kappa shape index (κ1) is 14.3. The lowest BCUT2D eigenvalue weighted by Crippen LogP contribution is -2.28. The van der Waals surface area contributed by atoms with Crippen molar-refractivity contribution in [3.05, 3.63) is 23.0 Å². The molecule has 5 nitrogen and oxygen atoms in total. The van der Waals surface area contributed by atoms with Gasteiger partial charge in [-0.3, -0.25) is 4.98 Å². The number of nitrogens with zero attached hydrogens (tertiary/aromatic N) is 3. The van der Waals surface area contributed by atoms with E-state index in [-0.39, 0.29) is 5.84 Å². The average Bonchev–Trinajstić information content (AvgIpc) is 2.34. The van der Waals surface area contributed by atoms with Gasteiger partial charge in [0, 0.05) is 18.8 Å². The topological polar surface area (TPSA) is 74.7 Å². The third kappa shape index (κ3) is 2.91. The van der Waals surface area contributed by atoms with Crippen molar-refractivity contribution in [1.82, 2.24) is 4.98 Å². The predicted octanol–water partition coefficient (Wildman–Crippen LogP) is 2.03. The Morgan fingerprint density at radius 3 is 2.61 bits per heavy atom. The molecule has 100 valence electrons. The smallest absolute Gasteiger partial charge is 0.174 e. The summed E-state index contributed by atoms with van der Waals surface area (Å²) in [6, 6.07) is 1.99. The second kappa shape index (κ2) is 6.23. The Kier molecular flexibility index (Phi) is 4.95. The maximum Gasteiger partial charge on any atom is 0.174 e. The number of pyridine rings is 1. The van der Waals surface area contributed by atoms with Crippen molar-refractivity contribution in [1.29, 1.82) is 0 Å². The normalized spacial score (nSPS) is 11.7. The Morgan fingerprint density at radius 2 is 2.11 bits per heavy atom. The summed E-state index contributed by atoms with van der Waals surface area (Å²) in [5.41, 5.74) is 9.20. The highest BCUT2D eigenvalue weighted by Crippen LogP contribution is 2.24. The van der Waals surface area contributed by atoms with Gasteiger partial charge < -0.3 is 15.8 Å². The van der Waals surface area contributed by atoms with Gasteiger partial charge in [0.2, 0.25) is 0 Å². The molecule has 0 saturated carbocycles. The molecule has 0 atom stereocenters. The van der Waals surface area contributed by atoms with E-state index in [0.717, 1.165) is 42.1 Å². The molecule has 0 radical (unpaired) electrons. The number of aryl methyl sites for hydroxylation is 2. The zero-order chi connectivity index (χ0) is 13.7. The summed E-state index contributed by atoms with van der Waals surface area (Å²) in [5, 5.41) is 12.0. The van der Waals surface area contributed by atoms with E-state index in [0.29, 0.717) is 0 Å². The van der Waals surface area contributed by atoms with E-state index in [1.807, 2.05) is 19.9 Å². The highest BCUT2D eigenvalue weighted by molar-refractivity contribution is 6.03. The molecular weight excluding hydrogens is 228 g/mol. The maximum atomic E-state index is 8.91. The summed E-state index contributed by atoms with van der Waals surface area (Å²) in [6.07, 6.45) is 1.05. The minimum atomic E-state index is 0.115. The Balaban J connectivity index is 3.39. The van der Waals surface area contributed by atoms with Crippen molar-refractivity contribution in [2.45, 2.75) is 34.1 Å². The minimum Gasteiger partial charge on any atom is -0.409 e. The molecule has 0 aliphatic heterocycles. The van der Waals surface area contributed by atoms with Gasteiger partial charge in [-0.2, -0.15) is 0 Å². The fourth-order valence-electron chi connectivity index (χ4n) is 2.14. The molecule has 0 amide bonds. The lowest BCUT2D eigenvalue weighted by atomic mass is 10.1. The van der Waals surface area contributed by atoms with Gasteiger partial charge in [-0.1, -0.05) is 12.1 Å². The molecule has 1 rings (SSSR count). The van der Waals surface area contributed by atoms with Crippen LogP contribution in [0.5, 0.6) is 0 Å². The molecule has 0 aliphatic rings. The summed E-state index contributed by atoms with van der Waals surface area (Å²) >= 11 is 0. The standard InChI is InChI=1S/C13H22N4O/c1-5-7-17(6-2)11-8-9(3)15-10(4)12(11)13(14)16-18/h8,18H,5-7H2,1-4H3,(H2,14,16). The Morgan fingerprint density at radius 1 is 1.44 bits per heavy atom. The van der Waals surface area contributed by atoms with Gasteiger partial charge in [-0.05, 0) is 33.3 Å². The number of amidine groups is 1. The first-order valence-corrected chi connectivity index (χ1v) is 6.26. The summed E-state index contributed by atoms with van der Waals surface area (Å²) in [4.78, 5) is 6.60. The van der Waals surface area contributed by atoms with Crippen LogP contribution < -0.4 is 10.6 Å². The van der Waals surface area contributed by atoms with Crippen LogP contribution >= 0.6 is 0 Å². The fraction of sp³-hybridized carbons (Fsp3) is 0.538. The van der Waals surface area contributed by atoms with Crippen LogP contribution in [0.3, 0.4) is 0 Å². The molecular formula is C13H22N4O. The van der Waals surface area contributed by atoms with Crippen molar-refractivity contribution >= 4 is 11.5 Å². The third-order valence-electron chi connectivity index (χ3n) is 2.89. The first-order chi connectivity index (χ1) is 8.54. The van der Waals surface area contributed by atoms with E-state index in [1.165, 1.54) is 0 Å². The fourth-order valence-corrected chi connectivity index (χ4v) is 2.14. The monoisotopic (exact) mass is 250 g/mol. The van der Waals surface area contributed by atoms with Crippen molar-refractivity contribution in [2.75, 3.05) is 18.0 Å². The van der Waals surface area contributed by atoms with Crippen LogP contribution in [0.2, 0.25) is 0 Å². The SMILES string of the molecule is CCCN(CC)c1cc(C)nc(C)c1/C(N)=N/O. The predicted molar refractivity (Wildman–Crippen MR) is 74.4 cm³/mol. The third-order valence-corrected chi connectivity index (χ3v) is 2.89. The van der Waals surface area contributed by atoms with E-state index >= 15 is 0 Å². The van der Waals surface area contributed by atoms with Crippen molar-refractivity contribution < 1.29 is 5.21 Å². The van der Waals surface area contributed by atoms with Gasteiger partial charge in [-0.15, -0.1) is 0 Å². The molecule has 3 N–H and O–H groups in total. The first-order valence-electron chi connectivity index (χ1n) is 6.26. The second-order valence-corrected chi connectivity index (χ2v) is 4.31. The molecule has 5 heteroatoms. The summed E-state index contributed by atoms with van der Waals surface area (Å²) in [7, 11) is 0. The van der Waals surface area contributed by atoms with E-state index in [4.69, 9.17) is 10.9 Å². The molecule has 1 heterocycles. The van der Waals surface area contributed by atoms with Crippen molar-refractivity contribution in [3.63, 3.8) is 0 Å². The van der Waals surface area contributed by atoms with Crippen LogP contribution in [0, 0.1) is 13.8 Å². The van der Waals surface area contributed by atoms with Gasteiger partial charge in [0.15, 0.2) is 5.84 Å². The highest BCUT2D eigenvalue weighted by atomic mass is 16.4. The van der Waals surface area contributed by atoms with Gasteiger partial charge in [0.1, 0.15) is 0 Å². The molecule has 18 heavy (non-hydrogen) atoms. The zero-order valence-corrected chi connectivity index (χ0v) is 11.6. The molecule has 0 saturated heterocycles. The van der Waals surface area contributed by atoms with Crippen molar-refractivity contribution in [3.8, 4) is 0 Å². The molecule has 0 spiro atoms. The number of rotatable bonds is 5. The molecule has 0 fully saturated rings. The lowest BCUT2D eigenvalue weighted by Gasteiger charge is -2.26. The number of anilines is 1. The molecule has 0 bridgehead atoms. The average molecular weight is 250 g/mol. The highest BCUT2D eigenvalue weighted by Gasteiger charge is 2.16. The van der Waals surface area contributed by atoms with Crippen LogP contribution in [0.15, 0.2) is 11.2 Å². The molecule has 0 aliphatic carbocycles. The number of nitrogens with two attached hydrogens (primary N) is 1. The molecule has 0 unspecified atom stereocenters. The summed E-state index contributed by atoms with van der Waals surface area (Å²) < 4.78 is 0. The Labute approximate surface area is 108 Å². The van der Waals surface area contributed by atoms with Crippen molar-refractivity contribution in [2.24, 2.45) is 10.9 Å². The van der Waals surface area contributed by atoms with Crippen LogP contribution in [0.4, 0.5) is 5.69 Å². The van der Waals surface area contributed by atoms with Gasteiger partial charge in [-0.25, -0.2) is 0 Å². The number of hydrogen-bond acceptors (Lipinski definition) is 4. The van der Waals surface area contributed by atoms with E-state index < -0.39 is 0 Å². The molecule has 1 aromatic heterocycles. The Bertz CT molecular complexity index is 443. The van der Waals surface area contributed by atoms with E-state index in [1.54, 1.807) is 0 Å². The van der Waals surface area contributed by atoms with Crippen LogP contribution in [0.25, 0.3) is 0 Å². The van der Waals surface area contributed by atoms with Crippen LogP contribution in [-0.2, 0) is 0 Å². The quantitative estimate of drug-likeness (QED) is 0.363. The molecule has 0 aromatic carbocycles. The van der Waals surface area contributed by atoms with Gasteiger partial charge in [0.25, 0.3) is 0 Å². The minimum absolute atomic E-state index is 0.115. The summed E-state index contributed by atoms with van der Waals surface area (Å²) in [5.74, 6) is 0.115. The van der Waals surface area contributed by atoms with E-state index in [9.17, 15) is 0 Å². The largest absolute Gasteiger partial charge is 0.409 e. The van der Waals surface area contributed by atoms with Gasteiger partial charge >= 0.3 is 0 Å². The number of hydrogen-bond donors (Lipinski definition) is 2. The molecule has 1 aromatic rings. The number of aromatic nitrogens is 1. The maximum absolute atomic E-state index is 8.91. The number of oxime groups is 1. The van der Waals surface area contributed by atoms with E-state index in [2.05, 4.69) is 28.9 Å². The van der Waals surface area contributed by atoms with Crippen LogP contribution in [0.1, 0.15) is 37.2 Å². The lowest BCUT2D eigenvalue weighted by molar-refractivity contribution is 0.318. The summed E-state index contributed by atoms with van der Waals surface area (Å²) in [6.45, 7) is 9.87. The zero-order valence-electron chi connectivity index (χ0n) is 11.6.